The molecule has 2 unspecified atom stereocenters. The van der Waals surface area contributed by atoms with Gasteiger partial charge in [0.05, 0.1) is 17.7 Å². The minimum absolute atomic E-state index is 0.111. The number of amides is 1. The van der Waals surface area contributed by atoms with Gasteiger partial charge in [-0.05, 0) is 39.5 Å². The average molecular weight is 255 g/mol. The molecule has 1 aliphatic heterocycles. The topological polar surface area (TPSA) is 81.6 Å². The van der Waals surface area contributed by atoms with Gasteiger partial charge in [-0.2, -0.15) is 0 Å². The van der Waals surface area contributed by atoms with Crippen LogP contribution in [-0.4, -0.2) is 47.7 Å². The van der Waals surface area contributed by atoms with E-state index < -0.39 is 5.54 Å². The SMILES string of the molecule is CC1(C)CN(C2CCCC(N)(C(N)=O)C2)CCO1. The van der Waals surface area contributed by atoms with E-state index >= 15 is 0 Å². The van der Waals surface area contributed by atoms with Crippen LogP contribution in [0.5, 0.6) is 0 Å². The molecule has 0 spiro atoms. The first-order valence-electron chi connectivity index (χ1n) is 6.79. The number of ether oxygens (including phenoxy) is 1. The molecule has 1 saturated carbocycles. The summed E-state index contributed by atoms with van der Waals surface area (Å²) in [4.78, 5) is 13.9. The number of hydrogen-bond acceptors (Lipinski definition) is 4. The van der Waals surface area contributed by atoms with Crippen LogP contribution >= 0.6 is 0 Å². The molecule has 5 nitrogen and oxygen atoms in total. The fourth-order valence-corrected chi connectivity index (χ4v) is 3.18. The van der Waals surface area contributed by atoms with Crippen molar-refractivity contribution >= 4 is 5.91 Å². The van der Waals surface area contributed by atoms with Crippen LogP contribution in [0.4, 0.5) is 0 Å². The molecule has 0 aromatic carbocycles. The zero-order valence-corrected chi connectivity index (χ0v) is 11.4. The Hall–Kier alpha value is -0.650. The Bertz CT molecular complexity index is 332. The lowest BCUT2D eigenvalue weighted by Gasteiger charge is -2.46. The number of carbonyl (C=O) groups is 1. The summed E-state index contributed by atoms with van der Waals surface area (Å²) in [6.07, 6.45) is 3.47. The zero-order chi connectivity index (χ0) is 13.4. The molecule has 0 radical (unpaired) electrons. The maximum atomic E-state index is 11.5. The van der Waals surface area contributed by atoms with Crippen LogP contribution in [0, 0.1) is 0 Å². The molecular formula is C13H25N3O2. The Morgan fingerprint density at radius 2 is 2.17 bits per heavy atom. The van der Waals surface area contributed by atoms with Crippen molar-refractivity contribution in [2.75, 3.05) is 19.7 Å². The lowest BCUT2D eigenvalue weighted by atomic mass is 9.78. The number of primary amides is 1. The van der Waals surface area contributed by atoms with Gasteiger partial charge in [0.25, 0.3) is 0 Å². The van der Waals surface area contributed by atoms with Gasteiger partial charge in [0.2, 0.25) is 5.91 Å². The number of carbonyl (C=O) groups excluding carboxylic acids is 1. The van der Waals surface area contributed by atoms with Gasteiger partial charge in [-0.1, -0.05) is 0 Å². The summed E-state index contributed by atoms with van der Waals surface area (Å²) < 4.78 is 5.72. The molecule has 0 aromatic heterocycles. The van der Waals surface area contributed by atoms with Crippen molar-refractivity contribution < 1.29 is 9.53 Å². The molecule has 104 valence electrons. The summed E-state index contributed by atoms with van der Waals surface area (Å²) in [7, 11) is 0. The normalized spacial score (nSPS) is 37.4. The Kier molecular flexibility index (Phi) is 3.67. The quantitative estimate of drug-likeness (QED) is 0.739. The van der Waals surface area contributed by atoms with Crippen molar-refractivity contribution in [2.24, 2.45) is 11.5 Å². The standard InChI is InChI=1S/C13H25N3O2/c1-12(2)9-16(6-7-18-12)10-4-3-5-13(15,8-10)11(14)17/h10H,3-9,15H2,1-2H3,(H2,14,17). The third kappa shape index (κ3) is 2.84. The summed E-state index contributed by atoms with van der Waals surface area (Å²) in [5, 5.41) is 0. The van der Waals surface area contributed by atoms with E-state index in [9.17, 15) is 4.79 Å². The molecule has 0 bridgehead atoms. The van der Waals surface area contributed by atoms with Gasteiger partial charge in [-0.25, -0.2) is 0 Å². The molecule has 5 heteroatoms. The van der Waals surface area contributed by atoms with Crippen LogP contribution in [0.15, 0.2) is 0 Å². The van der Waals surface area contributed by atoms with Crippen molar-refractivity contribution in [3.8, 4) is 0 Å². The van der Waals surface area contributed by atoms with Crippen LogP contribution in [-0.2, 0) is 9.53 Å². The van der Waals surface area contributed by atoms with E-state index in [1.54, 1.807) is 0 Å². The van der Waals surface area contributed by atoms with E-state index in [1.807, 2.05) is 0 Å². The van der Waals surface area contributed by atoms with Crippen molar-refractivity contribution in [1.82, 2.24) is 4.90 Å². The van der Waals surface area contributed by atoms with Gasteiger partial charge < -0.3 is 16.2 Å². The molecule has 0 aromatic rings. The molecule has 1 heterocycles. The third-order valence-corrected chi connectivity index (χ3v) is 4.22. The number of morpholine rings is 1. The van der Waals surface area contributed by atoms with Crippen LogP contribution in [0.1, 0.15) is 39.5 Å². The average Bonchev–Trinajstić information content (AvgIpc) is 2.27. The first kappa shape index (κ1) is 13.8. The predicted octanol–water partition coefficient (Wildman–Crippen LogP) is 0.223. The number of hydrogen-bond donors (Lipinski definition) is 2. The largest absolute Gasteiger partial charge is 0.373 e. The molecule has 1 aliphatic carbocycles. The Labute approximate surface area is 109 Å². The van der Waals surface area contributed by atoms with E-state index in [4.69, 9.17) is 16.2 Å². The summed E-state index contributed by atoms with van der Waals surface area (Å²) >= 11 is 0. The maximum Gasteiger partial charge on any atom is 0.237 e. The first-order chi connectivity index (χ1) is 8.32. The highest BCUT2D eigenvalue weighted by Gasteiger charge is 2.41. The fraction of sp³-hybridized carbons (Fsp3) is 0.923. The van der Waals surface area contributed by atoms with E-state index in [2.05, 4.69) is 18.7 Å². The van der Waals surface area contributed by atoms with Gasteiger partial charge in [-0.3, -0.25) is 9.69 Å². The molecule has 1 saturated heterocycles. The fourth-order valence-electron chi connectivity index (χ4n) is 3.18. The van der Waals surface area contributed by atoms with Crippen LogP contribution < -0.4 is 11.5 Å². The Balaban J connectivity index is 2.03. The summed E-state index contributed by atoms with van der Waals surface area (Å²) in [6, 6.07) is 0.361. The molecular weight excluding hydrogens is 230 g/mol. The first-order valence-corrected chi connectivity index (χ1v) is 6.79. The van der Waals surface area contributed by atoms with Gasteiger partial charge >= 0.3 is 0 Å². The lowest BCUT2D eigenvalue weighted by Crippen LogP contribution is -2.60. The van der Waals surface area contributed by atoms with E-state index in [0.717, 1.165) is 32.5 Å². The second kappa shape index (κ2) is 4.79. The van der Waals surface area contributed by atoms with Gasteiger partial charge in [-0.15, -0.1) is 0 Å². The molecule has 18 heavy (non-hydrogen) atoms. The van der Waals surface area contributed by atoms with Crippen LogP contribution in [0.25, 0.3) is 0 Å². The molecule has 2 rings (SSSR count). The zero-order valence-electron chi connectivity index (χ0n) is 11.4. The molecule has 2 atom stereocenters. The van der Waals surface area contributed by atoms with Crippen molar-refractivity contribution in [3.05, 3.63) is 0 Å². The molecule has 1 amide bonds. The van der Waals surface area contributed by atoms with E-state index in [1.165, 1.54) is 0 Å². The van der Waals surface area contributed by atoms with Crippen molar-refractivity contribution in [1.29, 1.82) is 0 Å². The number of rotatable bonds is 2. The minimum atomic E-state index is -0.814. The summed E-state index contributed by atoms with van der Waals surface area (Å²) in [5.74, 6) is -0.361. The highest BCUT2D eigenvalue weighted by atomic mass is 16.5. The highest BCUT2D eigenvalue weighted by molar-refractivity contribution is 5.84. The lowest BCUT2D eigenvalue weighted by molar-refractivity contribution is -0.127. The summed E-state index contributed by atoms with van der Waals surface area (Å²) in [6.45, 7) is 6.77. The highest BCUT2D eigenvalue weighted by Crippen LogP contribution is 2.31. The predicted molar refractivity (Wildman–Crippen MR) is 70.0 cm³/mol. The molecule has 2 fully saturated rings. The Morgan fingerprint density at radius 3 is 2.78 bits per heavy atom. The van der Waals surface area contributed by atoms with Crippen LogP contribution in [0.2, 0.25) is 0 Å². The Morgan fingerprint density at radius 1 is 1.44 bits per heavy atom. The van der Waals surface area contributed by atoms with Crippen molar-refractivity contribution in [3.63, 3.8) is 0 Å². The third-order valence-electron chi connectivity index (χ3n) is 4.22. The molecule has 2 aliphatic rings. The number of nitrogens with zero attached hydrogens (tertiary/aromatic N) is 1. The molecule has 4 N–H and O–H groups in total. The van der Waals surface area contributed by atoms with Gasteiger partial charge in [0.1, 0.15) is 0 Å². The monoisotopic (exact) mass is 255 g/mol. The van der Waals surface area contributed by atoms with Gasteiger partial charge in [0, 0.05) is 19.1 Å². The minimum Gasteiger partial charge on any atom is -0.373 e. The van der Waals surface area contributed by atoms with Gasteiger partial charge in [0.15, 0.2) is 0 Å². The van der Waals surface area contributed by atoms with E-state index in [-0.39, 0.29) is 11.5 Å². The van der Waals surface area contributed by atoms with Crippen molar-refractivity contribution in [2.45, 2.75) is 56.7 Å². The smallest absolute Gasteiger partial charge is 0.237 e. The second-order valence-electron chi connectivity index (χ2n) is 6.35. The van der Waals surface area contributed by atoms with E-state index in [0.29, 0.717) is 18.9 Å². The second-order valence-corrected chi connectivity index (χ2v) is 6.35. The van der Waals surface area contributed by atoms with Crippen LogP contribution in [0.3, 0.4) is 0 Å². The maximum absolute atomic E-state index is 11.5. The number of nitrogens with two attached hydrogens (primary N) is 2. The summed E-state index contributed by atoms with van der Waals surface area (Å²) in [5.41, 5.74) is 10.6.